The van der Waals surface area contributed by atoms with Crippen LogP contribution in [0.1, 0.15) is 33.3 Å². The molecular formula is C15H22N2O4S. The first-order chi connectivity index (χ1) is 10.1. The number of hydrogen-bond donors (Lipinski definition) is 2. The predicted octanol–water partition coefficient (Wildman–Crippen LogP) is 2.60. The van der Waals surface area contributed by atoms with Crippen molar-refractivity contribution >= 4 is 23.2 Å². The van der Waals surface area contributed by atoms with E-state index in [2.05, 4.69) is 9.71 Å². The Kier molecular flexibility index (Phi) is 6.25. The molecule has 0 fully saturated rings. The third kappa shape index (κ3) is 5.23. The molecule has 0 saturated carbocycles. The van der Waals surface area contributed by atoms with Crippen molar-refractivity contribution in [2.45, 2.75) is 38.5 Å². The summed E-state index contributed by atoms with van der Waals surface area (Å²) in [5.74, 6) is 0.680. The summed E-state index contributed by atoms with van der Waals surface area (Å²) in [4.78, 5) is 10.9. The minimum Gasteiger partial charge on any atom is -0.591 e. The van der Waals surface area contributed by atoms with E-state index in [9.17, 15) is 9.35 Å². The summed E-state index contributed by atoms with van der Waals surface area (Å²) in [7, 11) is 1.56. The standard InChI is InChI=1S/C15H22N2O4S/c1-10(16-14(18)19)13(17-22(20)15(2,3)4)11-6-8-12(21-5)9-7-11/h6-10,16H,1-5H3,(H,18,19)/b17-13+/t10-,22?/m0/s1. The van der Waals surface area contributed by atoms with Gasteiger partial charge in [-0.2, -0.15) is 0 Å². The molecule has 0 heterocycles. The van der Waals surface area contributed by atoms with Crippen LogP contribution in [-0.2, 0) is 11.4 Å². The van der Waals surface area contributed by atoms with Crippen LogP contribution in [0.2, 0.25) is 0 Å². The summed E-state index contributed by atoms with van der Waals surface area (Å²) in [6, 6.07) is 6.43. The van der Waals surface area contributed by atoms with Crippen LogP contribution in [0.5, 0.6) is 5.75 Å². The highest BCUT2D eigenvalue weighted by Gasteiger charge is 2.29. The Morgan fingerprint density at radius 1 is 1.36 bits per heavy atom. The first kappa shape index (κ1) is 18.3. The molecule has 2 atom stereocenters. The number of rotatable bonds is 5. The van der Waals surface area contributed by atoms with Crippen molar-refractivity contribution in [1.82, 2.24) is 5.32 Å². The van der Waals surface area contributed by atoms with Gasteiger partial charge in [-0.3, -0.25) is 0 Å². The van der Waals surface area contributed by atoms with Crippen LogP contribution < -0.4 is 10.1 Å². The van der Waals surface area contributed by atoms with Gasteiger partial charge in [-0.15, -0.1) is 0 Å². The van der Waals surface area contributed by atoms with Crippen molar-refractivity contribution in [2.75, 3.05) is 7.11 Å². The zero-order valence-corrected chi connectivity index (χ0v) is 14.2. The third-order valence-electron chi connectivity index (χ3n) is 2.84. The van der Waals surface area contributed by atoms with E-state index in [0.717, 1.165) is 0 Å². The van der Waals surface area contributed by atoms with Crippen LogP contribution in [0, 0.1) is 0 Å². The molecule has 0 radical (unpaired) electrons. The molecule has 22 heavy (non-hydrogen) atoms. The lowest BCUT2D eigenvalue weighted by atomic mass is 10.0. The van der Waals surface area contributed by atoms with E-state index in [1.807, 2.05) is 20.8 Å². The molecule has 1 unspecified atom stereocenters. The molecule has 0 aromatic heterocycles. The van der Waals surface area contributed by atoms with E-state index in [-0.39, 0.29) is 0 Å². The molecular weight excluding hydrogens is 304 g/mol. The van der Waals surface area contributed by atoms with Crippen molar-refractivity contribution < 1.29 is 19.2 Å². The molecule has 1 aromatic rings. The van der Waals surface area contributed by atoms with Gasteiger partial charge in [0.1, 0.15) is 27.6 Å². The van der Waals surface area contributed by atoms with E-state index < -0.39 is 28.2 Å². The van der Waals surface area contributed by atoms with Crippen molar-refractivity contribution in [1.29, 1.82) is 0 Å². The normalized spacial score (nSPS) is 15.1. The monoisotopic (exact) mass is 326 g/mol. The SMILES string of the molecule is COc1ccc(/C(=N/[S+]([O-])C(C)(C)C)[C@H](C)NC(=O)O)cc1. The van der Waals surface area contributed by atoms with Gasteiger partial charge in [0.2, 0.25) is 0 Å². The molecule has 0 spiro atoms. The van der Waals surface area contributed by atoms with Crippen LogP contribution in [-0.4, -0.2) is 39.4 Å². The first-order valence-electron chi connectivity index (χ1n) is 6.79. The average Bonchev–Trinajstić information content (AvgIpc) is 2.42. The van der Waals surface area contributed by atoms with E-state index in [1.165, 1.54) is 0 Å². The number of nitrogens with zero attached hydrogens (tertiary/aromatic N) is 1. The fourth-order valence-corrected chi connectivity index (χ4v) is 2.34. The number of carboxylic acid groups (broad SMARTS) is 1. The summed E-state index contributed by atoms with van der Waals surface area (Å²) in [5, 5.41) is 11.2. The Balaban J connectivity index is 3.20. The van der Waals surface area contributed by atoms with E-state index >= 15 is 0 Å². The molecule has 0 aliphatic rings. The largest absolute Gasteiger partial charge is 0.591 e. The maximum atomic E-state index is 12.3. The highest BCUT2D eigenvalue weighted by atomic mass is 32.2. The van der Waals surface area contributed by atoms with E-state index in [0.29, 0.717) is 17.0 Å². The maximum Gasteiger partial charge on any atom is 0.405 e. The Bertz CT molecular complexity index is 537. The number of methoxy groups -OCH3 is 1. The fourth-order valence-electron chi connectivity index (χ4n) is 1.62. The number of hydrogen-bond acceptors (Lipinski definition) is 4. The summed E-state index contributed by atoms with van der Waals surface area (Å²) in [6.07, 6.45) is -1.16. The topological polar surface area (TPSA) is 94.0 Å². The summed E-state index contributed by atoms with van der Waals surface area (Å²) in [5.41, 5.74) is 1.12. The van der Waals surface area contributed by atoms with Gasteiger partial charge in [0, 0.05) is 5.56 Å². The zero-order chi connectivity index (χ0) is 16.9. The van der Waals surface area contributed by atoms with Crippen LogP contribution in [0.15, 0.2) is 28.7 Å². The van der Waals surface area contributed by atoms with Crippen molar-refractivity contribution in [3.63, 3.8) is 0 Å². The van der Waals surface area contributed by atoms with Crippen molar-refractivity contribution in [3.8, 4) is 5.75 Å². The molecule has 7 heteroatoms. The quantitative estimate of drug-likeness (QED) is 0.642. The molecule has 6 nitrogen and oxygen atoms in total. The lowest BCUT2D eigenvalue weighted by Gasteiger charge is -2.21. The van der Waals surface area contributed by atoms with Crippen LogP contribution in [0.4, 0.5) is 4.79 Å². The first-order valence-corrected chi connectivity index (χ1v) is 7.90. The highest BCUT2D eigenvalue weighted by Crippen LogP contribution is 2.20. The Labute approximate surface area is 133 Å². The molecule has 2 N–H and O–H groups in total. The number of ether oxygens (including phenoxy) is 1. The van der Waals surface area contributed by atoms with Crippen molar-refractivity contribution in [3.05, 3.63) is 29.8 Å². The molecule has 0 bridgehead atoms. The van der Waals surface area contributed by atoms with Gasteiger partial charge >= 0.3 is 6.09 Å². The minimum atomic E-state index is -1.49. The average molecular weight is 326 g/mol. The Morgan fingerprint density at radius 2 is 1.91 bits per heavy atom. The minimum absolute atomic E-state index is 0.429. The number of carbonyl (C=O) groups is 1. The van der Waals surface area contributed by atoms with Gasteiger partial charge in [-0.05, 0) is 52.0 Å². The molecule has 1 rings (SSSR count). The molecule has 0 aliphatic carbocycles. The summed E-state index contributed by atoms with van der Waals surface area (Å²) >= 11 is -1.49. The molecule has 1 amide bonds. The fraction of sp³-hybridized carbons (Fsp3) is 0.467. The second kappa shape index (κ2) is 7.51. The lowest BCUT2D eigenvalue weighted by molar-refractivity contribution is 0.193. The van der Waals surface area contributed by atoms with Gasteiger partial charge in [0.15, 0.2) is 0 Å². The second-order valence-electron chi connectivity index (χ2n) is 5.74. The summed E-state index contributed by atoms with van der Waals surface area (Å²) < 4.78 is 21.1. The second-order valence-corrected chi connectivity index (χ2v) is 7.64. The maximum absolute atomic E-state index is 12.3. The smallest absolute Gasteiger partial charge is 0.405 e. The number of amides is 1. The molecule has 0 saturated heterocycles. The van der Waals surface area contributed by atoms with Crippen molar-refractivity contribution in [2.24, 2.45) is 4.40 Å². The van der Waals surface area contributed by atoms with E-state index in [4.69, 9.17) is 9.84 Å². The number of benzene rings is 1. The van der Waals surface area contributed by atoms with Crippen LogP contribution in [0.3, 0.4) is 0 Å². The van der Waals surface area contributed by atoms with Gasteiger partial charge in [-0.1, -0.05) is 4.40 Å². The van der Waals surface area contributed by atoms with Gasteiger partial charge in [-0.25, -0.2) is 4.79 Å². The molecule has 0 aliphatic heterocycles. The summed E-state index contributed by atoms with van der Waals surface area (Å²) in [6.45, 7) is 7.10. The molecule has 1 aromatic carbocycles. The van der Waals surface area contributed by atoms with Crippen LogP contribution >= 0.6 is 0 Å². The Morgan fingerprint density at radius 3 is 2.32 bits per heavy atom. The van der Waals surface area contributed by atoms with Gasteiger partial charge in [0.25, 0.3) is 0 Å². The van der Waals surface area contributed by atoms with Crippen LogP contribution in [0.25, 0.3) is 0 Å². The zero-order valence-electron chi connectivity index (χ0n) is 13.4. The Hall–Kier alpha value is -1.73. The predicted molar refractivity (Wildman–Crippen MR) is 88.0 cm³/mol. The lowest BCUT2D eigenvalue weighted by Crippen LogP contribution is -2.39. The third-order valence-corrected chi connectivity index (χ3v) is 4.25. The molecule has 122 valence electrons. The number of nitrogens with one attached hydrogen (secondary N) is 1. The van der Waals surface area contributed by atoms with Gasteiger partial charge < -0.3 is 19.7 Å². The van der Waals surface area contributed by atoms with E-state index in [1.54, 1.807) is 38.3 Å². The van der Waals surface area contributed by atoms with Gasteiger partial charge in [0.05, 0.1) is 13.2 Å². The highest BCUT2D eigenvalue weighted by molar-refractivity contribution is 7.91.